The third-order valence-corrected chi connectivity index (χ3v) is 4.49. The second-order valence-electron chi connectivity index (χ2n) is 6.54. The molecule has 0 unspecified atom stereocenters. The summed E-state index contributed by atoms with van der Waals surface area (Å²) in [6, 6.07) is 12.7. The van der Waals surface area contributed by atoms with E-state index in [1.807, 2.05) is 12.1 Å². The summed E-state index contributed by atoms with van der Waals surface area (Å²) in [5, 5.41) is 0. The zero-order valence-electron chi connectivity index (χ0n) is 15.5. The molecule has 0 heterocycles. The van der Waals surface area contributed by atoms with Gasteiger partial charge in [-0.1, -0.05) is 55.5 Å². The van der Waals surface area contributed by atoms with Gasteiger partial charge in [0.2, 0.25) is 0 Å². The molecule has 0 aliphatic heterocycles. The van der Waals surface area contributed by atoms with Crippen molar-refractivity contribution in [2.75, 3.05) is 0 Å². The lowest BCUT2D eigenvalue weighted by molar-refractivity contribution is 0.501. The molecule has 0 radical (unpaired) electrons. The van der Waals surface area contributed by atoms with Crippen molar-refractivity contribution in [2.24, 2.45) is 0 Å². The van der Waals surface area contributed by atoms with Crippen molar-refractivity contribution in [1.29, 1.82) is 0 Å². The van der Waals surface area contributed by atoms with Crippen LogP contribution in [0, 0.1) is 42.0 Å². The Balaban J connectivity index is 1.94. The van der Waals surface area contributed by atoms with Crippen LogP contribution in [0.4, 0.5) is 17.6 Å². The molecule has 3 aromatic carbocycles. The molecule has 0 aromatic heterocycles. The minimum Gasteiger partial charge on any atom is -0.203 e. The summed E-state index contributed by atoms with van der Waals surface area (Å²) in [6.07, 6.45) is 1.92. The van der Waals surface area contributed by atoms with E-state index in [0.717, 1.165) is 18.4 Å². The molecule has 0 aliphatic rings. The van der Waals surface area contributed by atoms with Gasteiger partial charge < -0.3 is 0 Å². The van der Waals surface area contributed by atoms with E-state index in [-0.39, 0.29) is 22.3 Å². The Morgan fingerprint density at radius 3 is 1.86 bits per heavy atom. The first-order valence-corrected chi connectivity index (χ1v) is 8.96. The third-order valence-electron chi connectivity index (χ3n) is 4.49. The zero-order valence-corrected chi connectivity index (χ0v) is 15.5. The Bertz CT molecular complexity index is 1070. The maximum absolute atomic E-state index is 14.5. The Kier molecular flexibility index (Phi) is 5.84. The summed E-state index contributed by atoms with van der Waals surface area (Å²) < 4.78 is 56.5. The van der Waals surface area contributed by atoms with Crippen molar-refractivity contribution >= 4 is 0 Å². The fourth-order valence-electron chi connectivity index (χ4n) is 2.89. The van der Waals surface area contributed by atoms with E-state index in [2.05, 4.69) is 18.8 Å². The number of rotatable bonds is 3. The topological polar surface area (TPSA) is 0 Å². The lowest BCUT2D eigenvalue weighted by atomic mass is 10.00. The van der Waals surface area contributed by atoms with Gasteiger partial charge in [0.1, 0.15) is 0 Å². The molecule has 0 spiro atoms. The number of hydrogen-bond donors (Lipinski definition) is 0. The molecule has 4 heteroatoms. The Labute approximate surface area is 161 Å². The predicted octanol–water partition coefficient (Wildman–Crippen LogP) is 6.57. The van der Waals surface area contributed by atoms with Crippen molar-refractivity contribution in [3.05, 3.63) is 94.1 Å². The third kappa shape index (κ3) is 3.94. The lowest BCUT2D eigenvalue weighted by Crippen LogP contribution is -1.95. The van der Waals surface area contributed by atoms with Crippen molar-refractivity contribution < 1.29 is 17.6 Å². The highest BCUT2D eigenvalue weighted by Gasteiger charge is 2.14. The molecule has 0 nitrogen and oxygen atoms in total. The normalized spacial score (nSPS) is 10.5. The van der Waals surface area contributed by atoms with Crippen molar-refractivity contribution in [1.82, 2.24) is 0 Å². The number of hydrogen-bond acceptors (Lipinski definition) is 0. The SMILES string of the molecule is CCCc1ccc(-c2ccc(C#Cc3ccc(C)c(F)c3F)c(F)c2F)cc1. The van der Waals surface area contributed by atoms with Crippen molar-refractivity contribution in [3.8, 4) is 23.0 Å². The number of aryl methyl sites for hydroxylation is 2. The molecule has 0 bridgehead atoms. The van der Waals surface area contributed by atoms with E-state index in [1.165, 1.54) is 31.2 Å². The minimum atomic E-state index is -1.12. The van der Waals surface area contributed by atoms with Gasteiger partial charge in [-0.05, 0) is 48.2 Å². The van der Waals surface area contributed by atoms with E-state index in [4.69, 9.17) is 0 Å². The smallest absolute Gasteiger partial charge is 0.175 e. The molecule has 0 fully saturated rings. The van der Waals surface area contributed by atoms with Crippen LogP contribution in [-0.2, 0) is 6.42 Å². The van der Waals surface area contributed by atoms with E-state index >= 15 is 0 Å². The summed E-state index contributed by atoms with van der Waals surface area (Å²) in [5.74, 6) is 0.528. The van der Waals surface area contributed by atoms with Gasteiger partial charge in [-0.25, -0.2) is 17.6 Å². The zero-order chi connectivity index (χ0) is 20.3. The first-order valence-electron chi connectivity index (χ1n) is 8.96. The summed E-state index contributed by atoms with van der Waals surface area (Å²) in [6.45, 7) is 3.50. The van der Waals surface area contributed by atoms with Gasteiger partial charge in [0.05, 0.1) is 11.1 Å². The highest BCUT2D eigenvalue weighted by atomic mass is 19.2. The fraction of sp³-hybridized carbons (Fsp3) is 0.167. The lowest BCUT2D eigenvalue weighted by Gasteiger charge is -2.07. The average Bonchev–Trinajstić information content (AvgIpc) is 2.70. The molecule has 0 atom stereocenters. The van der Waals surface area contributed by atoms with Gasteiger partial charge in [-0.2, -0.15) is 0 Å². The molecule has 0 saturated carbocycles. The molecule has 3 rings (SSSR count). The first kappa shape index (κ1) is 19.7. The maximum atomic E-state index is 14.5. The molecular formula is C24H18F4. The molecule has 3 aromatic rings. The van der Waals surface area contributed by atoms with Crippen LogP contribution in [0.2, 0.25) is 0 Å². The van der Waals surface area contributed by atoms with E-state index < -0.39 is 23.3 Å². The maximum Gasteiger partial charge on any atom is 0.175 e. The Morgan fingerprint density at radius 1 is 0.679 bits per heavy atom. The summed E-state index contributed by atoms with van der Waals surface area (Å²) in [4.78, 5) is 0. The van der Waals surface area contributed by atoms with Crippen molar-refractivity contribution in [2.45, 2.75) is 26.7 Å². The minimum absolute atomic E-state index is 0.124. The molecular weight excluding hydrogens is 364 g/mol. The van der Waals surface area contributed by atoms with Gasteiger partial charge in [-0.3, -0.25) is 0 Å². The molecule has 0 amide bonds. The van der Waals surface area contributed by atoms with Crippen LogP contribution in [0.15, 0.2) is 48.5 Å². The van der Waals surface area contributed by atoms with Gasteiger partial charge in [0.25, 0.3) is 0 Å². The largest absolute Gasteiger partial charge is 0.203 e. The standard InChI is InChI=1S/C24H18F4/c1-3-4-16-6-9-17(10-7-16)20-14-13-19(23(27)24(20)28)12-11-18-8-5-15(2)21(25)22(18)26/h5-10,13-14H,3-4H2,1-2H3. The highest BCUT2D eigenvalue weighted by Crippen LogP contribution is 2.27. The highest BCUT2D eigenvalue weighted by molar-refractivity contribution is 5.66. The van der Waals surface area contributed by atoms with Crippen molar-refractivity contribution in [3.63, 3.8) is 0 Å². The first-order chi connectivity index (χ1) is 13.4. The molecule has 28 heavy (non-hydrogen) atoms. The van der Waals surface area contributed by atoms with Crippen LogP contribution < -0.4 is 0 Å². The van der Waals surface area contributed by atoms with E-state index in [1.54, 1.807) is 12.1 Å². The van der Waals surface area contributed by atoms with Gasteiger partial charge in [-0.15, -0.1) is 0 Å². The van der Waals surface area contributed by atoms with Gasteiger partial charge in [0, 0.05) is 5.56 Å². The quantitative estimate of drug-likeness (QED) is 0.355. The second-order valence-corrected chi connectivity index (χ2v) is 6.54. The molecule has 142 valence electrons. The van der Waals surface area contributed by atoms with Gasteiger partial charge in [0.15, 0.2) is 23.3 Å². The monoisotopic (exact) mass is 382 g/mol. The van der Waals surface area contributed by atoms with Crippen LogP contribution in [0.25, 0.3) is 11.1 Å². The van der Waals surface area contributed by atoms with Crippen LogP contribution in [-0.4, -0.2) is 0 Å². The van der Waals surface area contributed by atoms with Crippen LogP contribution in [0.3, 0.4) is 0 Å². The van der Waals surface area contributed by atoms with E-state index in [0.29, 0.717) is 5.56 Å². The van der Waals surface area contributed by atoms with Crippen LogP contribution in [0.5, 0.6) is 0 Å². The molecule has 0 aliphatic carbocycles. The Morgan fingerprint density at radius 2 is 1.25 bits per heavy atom. The number of halogens is 4. The molecule has 0 saturated heterocycles. The molecule has 0 N–H and O–H groups in total. The Hall–Kier alpha value is -3.06. The fourth-order valence-corrected chi connectivity index (χ4v) is 2.89. The summed E-state index contributed by atoms with van der Waals surface area (Å²) in [5.41, 5.74) is 1.53. The summed E-state index contributed by atoms with van der Waals surface area (Å²) in [7, 11) is 0. The van der Waals surface area contributed by atoms with Crippen LogP contribution >= 0.6 is 0 Å². The predicted molar refractivity (Wildman–Crippen MR) is 103 cm³/mol. The number of benzene rings is 3. The van der Waals surface area contributed by atoms with Gasteiger partial charge >= 0.3 is 0 Å². The average molecular weight is 382 g/mol. The second kappa shape index (κ2) is 8.31. The summed E-state index contributed by atoms with van der Waals surface area (Å²) >= 11 is 0. The van der Waals surface area contributed by atoms with Crippen LogP contribution in [0.1, 0.15) is 35.6 Å². The van der Waals surface area contributed by atoms with E-state index in [9.17, 15) is 17.6 Å².